The van der Waals surface area contributed by atoms with Gasteiger partial charge in [-0.1, -0.05) is 56.3 Å². The van der Waals surface area contributed by atoms with Crippen LogP contribution in [0.1, 0.15) is 37.9 Å². The van der Waals surface area contributed by atoms with Gasteiger partial charge in [-0.15, -0.1) is 0 Å². The van der Waals surface area contributed by atoms with Crippen LogP contribution >= 0.6 is 0 Å². The number of amides is 1. The van der Waals surface area contributed by atoms with Crippen LogP contribution in [0.4, 0.5) is 22.6 Å². The van der Waals surface area contributed by atoms with E-state index in [0.29, 0.717) is 30.1 Å². The summed E-state index contributed by atoms with van der Waals surface area (Å²) >= 11 is 0. The van der Waals surface area contributed by atoms with Crippen molar-refractivity contribution in [2.24, 2.45) is 5.92 Å². The smallest absolute Gasteiger partial charge is 0.414 e. The Morgan fingerprint density at radius 2 is 1.50 bits per heavy atom. The third-order valence-electron chi connectivity index (χ3n) is 5.48. The Balaban J connectivity index is 1.78. The van der Waals surface area contributed by atoms with Crippen LogP contribution in [-0.4, -0.2) is 63.7 Å². The molecule has 11 heteroatoms. The van der Waals surface area contributed by atoms with Crippen molar-refractivity contribution in [1.29, 1.82) is 0 Å². The molecule has 0 saturated heterocycles. The van der Waals surface area contributed by atoms with Gasteiger partial charge in [-0.3, -0.25) is 0 Å². The molecule has 0 aliphatic rings. The molecule has 0 radical (unpaired) electrons. The number of nitrogens with zero attached hydrogens (tertiary/aromatic N) is 4. The molecule has 1 aromatic heterocycles. The van der Waals surface area contributed by atoms with Crippen LogP contribution in [0.25, 0.3) is 0 Å². The molecule has 0 saturated carbocycles. The number of nitrogens with one attached hydrogen (secondary N) is 3. The lowest BCUT2D eigenvalue weighted by atomic mass is 10.1. The normalized spacial score (nSPS) is 12.4. The van der Waals surface area contributed by atoms with Gasteiger partial charge in [0, 0.05) is 27.1 Å². The molecule has 38 heavy (non-hydrogen) atoms. The van der Waals surface area contributed by atoms with Gasteiger partial charge >= 0.3 is 12.1 Å². The Morgan fingerprint density at radius 3 is 2.08 bits per heavy atom. The number of carboxylic acids is 1. The fraction of sp³-hybridized carbons (Fsp3) is 0.370. The molecule has 3 aromatic rings. The van der Waals surface area contributed by atoms with Crippen molar-refractivity contribution in [1.82, 2.24) is 19.9 Å². The lowest BCUT2D eigenvalue weighted by molar-refractivity contribution is -0.137. The van der Waals surface area contributed by atoms with Gasteiger partial charge in [-0.05, 0) is 36.1 Å². The maximum Gasteiger partial charge on any atom is 0.414 e. The molecule has 1 unspecified atom stereocenters. The van der Waals surface area contributed by atoms with Crippen molar-refractivity contribution in [3.8, 4) is 5.75 Å². The number of aromatic nitrogens is 3. The SMILES string of the molecule is CC(C)CNc1nc(NC(C)c2ccccc2)nc(N[C@@H](Cc2ccc(OC(=O)N(C)C)cc2)C(=O)O)n1. The Hall–Kier alpha value is -4.41. The van der Waals surface area contributed by atoms with Gasteiger partial charge in [0.1, 0.15) is 11.8 Å². The van der Waals surface area contributed by atoms with Gasteiger partial charge in [-0.25, -0.2) is 9.59 Å². The van der Waals surface area contributed by atoms with Crippen molar-refractivity contribution in [2.75, 3.05) is 36.6 Å². The number of hydrogen-bond acceptors (Lipinski definition) is 9. The van der Waals surface area contributed by atoms with Crippen LogP contribution in [0.15, 0.2) is 54.6 Å². The van der Waals surface area contributed by atoms with E-state index >= 15 is 0 Å². The molecule has 0 bridgehead atoms. The summed E-state index contributed by atoms with van der Waals surface area (Å²) in [5.74, 6) is 0.468. The number of rotatable bonds is 12. The zero-order valence-corrected chi connectivity index (χ0v) is 22.3. The number of ether oxygens (including phenoxy) is 1. The first kappa shape index (κ1) is 28.2. The summed E-state index contributed by atoms with van der Waals surface area (Å²) in [4.78, 5) is 38.5. The second-order valence-electron chi connectivity index (χ2n) is 9.50. The summed E-state index contributed by atoms with van der Waals surface area (Å²) in [6.07, 6.45) is -0.341. The van der Waals surface area contributed by atoms with Crippen LogP contribution in [0, 0.1) is 5.92 Å². The zero-order valence-electron chi connectivity index (χ0n) is 22.3. The highest BCUT2D eigenvalue weighted by atomic mass is 16.6. The number of benzene rings is 2. The van der Waals surface area contributed by atoms with E-state index in [9.17, 15) is 14.7 Å². The predicted octanol–water partition coefficient (Wildman–Crippen LogP) is 4.28. The predicted molar refractivity (Wildman–Crippen MR) is 147 cm³/mol. The molecule has 1 heterocycles. The average molecular weight is 522 g/mol. The molecule has 0 aliphatic heterocycles. The Kier molecular flexibility index (Phi) is 9.80. The van der Waals surface area contributed by atoms with Gasteiger partial charge in [0.05, 0.1) is 6.04 Å². The quantitative estimate of drug-likeness (QED) is 0.273. The monoisotopic (exact) mass is 521 g/mol. The first-order chi connectivity index (χ1) is 18.1. The van der Waals surface area contributed by atoms with Crippen LogP contribution in [0.2, 0.25) is 0 Å². The van der Waals surface area contributed by atoms with E-state index in [1.54, 1.807) is 38.4 Å². The van der Waals surface area contributed by atoms with Gasteiger partial charge in [0.2, 0.25) is 17.8 Å². The van der Waals surface area contributed by atoms with Crippen LogP contribution < -0.4 is 20.7 Å². The number of carbonyl (C=O) groups is 2. The standard InChI is InChI=1S/C27H35N7O4/c1-17(2)16-28-24-31-25(29-18(3)20-9-7-6-8-10-20)33-26(32-24)30-22(23(35)36)15-19-11-13-21(14-12-19)38-27(37)34(4)5/h6-14,17-18,22H,15-16H2,1-5H3,(H,35,36)(H3,28,29,30,31,32,33)/t18?,22-/m0/s1. The minimum absolute atomic E-state index is 0.0835. The summed E-state index contributed by atoms with van der Waals surface area (Å²) in [5, 5.41) is 19.3. The van der Waals surface area contributed by atoms with Gasteiger partial charge in [0.25, 0.3) is 0 Å². The summed E-state index contributed by atoms with van der Waals surface area (Å²) in [5.41, 5.74) is 1.79. The zero-order chi connectivity index (χ0) is 27.7. The first-order valence-corrected chi connectivity index (χ1v) is 12.4. The maximum atomic E-state index is 12.1. The lowest BCUT2D eigenvalue weighted by Crippen LogP contribution is -2.32. The average Bonchev–Trinajstić information content (AvgIpc) is 2.88. The van der Waals surface area contributed by atoms with Crippen molar-refractivity contribution in [3.63, 3.8) is 0 Å². The summed E-state index contributed by atoms with van der Waals surface area (Å²) in [6.45, 7) is 6.77. The minimum atomic E-state index is -1.06. The molecule has 2 atom stereocenters. The van der Waals surface area contributed by atoms with E-state index < -0.39 is 18.1 Å². The van der Waals surface area contributed by atoms with E-state index in [2.05, 4.69) is 44.7 Å². The second-order valence-corrected chi connectivity index (χ2v) is 9.50. The Labute approximate surface area is 222 Å². The second kappa shape index (κ2) is 13.2. The molecule has 3 rings (SSSR count). The van der Waals surface area contributed by atoms with E-state index in [-0.39, 0.29) is 18.4 Å². The summed E-state index contributed by atoms with van der Waals surface area (Å²) in [7, 11) is 3.18. The van der Waals surface area contributed by atoms with Gasteiger partial charge in [-0.2, -0.15) is 15.0 Å². The molecule has 0 spiro atoms. The maximum absolute atomic E-state index is 12.1. The summed E-state index contributed by atoms with van der Waals surface area (Å²) < 4.78 is 5.22. The van der Waals surface area contributed by atoms with Crippen molar-refractivity contribution < 1.29 is 19.4 Å². The van der Waals surface area contributed by atoms with Gasteiger partial charge in [0.15, 0.2) is 0 Å². The van der Waals surface area contributed by atoms with Crippen molar-refractivity contribution in [3.05, 3.63) is 65.7 Å². The molecule has 202 valence electrons. The lowest BCUT2D eigenvalue weighted by Gasteiger charge is -2.18. The third-order valence-corrected chi connectivity index (χ3v) is 5.48. The highest BCUT2D eigenvalue weighted by Gasteiger charge is 2.21. The van der Waals surface area contributed by atoms with E-state index in [1.807, 2.05) is 37.3 Å². The summed E-state index contributed by atoms with van der Waals surface area (Å²) in [6, 6.07) is 15.5. The molecule has 0 fully saturated rings. The van der Waals surface area contributed by atoms with Crippen LogP contribution in [0.3, 0.4) is 0 Å². The highest BCUT2D eigenvalue weighted by molar-refractivity contribution is 5.77. The molecule has 0 aliphatic carbocycles. The van der Waals surface area contributed by atoms with Crippen LogP contribution in [0.5, 0.6) is 5.75 Å². The molecule has 4 N–H and O–H groups in total. The molecule has 1 amide bonds. The molecular formula is C27H35N7O4. The largest absolute Gasteiger partial charge is 0.480 e. The number of carboxylic acid groups (broad SMARTS) is 1. The topological polar surface area (TPSA) is 142 Å². The van der Waals surface area contributed by atoms with Crippen molar-refractivity contribution >= 4 is 29.9 Å². The number of hydrogen-bond donors (Lipinski definition) is 4. The third kappa shape index (κ3) is 8.61. The first-order valence-electron chi connectivity index (χ1n) is 12.4. The van der Waals surface area contributed by atoms with Crippen LogP contribution in [-0.2, 0) is 11.2 Å². The highest BCUT2D eigenvalue weighted by Crippen LogP contribution is 2.20. The Bertz CT molecular complexity index is 1200. The number of carbonyl (C=O) groups excluding carboxylic acids is 1. The van der Waals surface area contributed by atoms with Crippen molar-refractivity contribution in [2.45, 2.75) is 39.3 Å². The van der Waals surface area contributed by atoms with E-state index in [1.165, 1.54) is 4.90 Å². The minimum Gasteiger partial charge on any atom is -0.480 e. The number of aliphatic carboxylic acids is 1. The molecule has 2 aromatic carbocycles. The number of anilines is 3. The molecule has 11 nitrogen and oxygen atoms in total. The fourth-order valence-electron chi connectivity index (χ4n) is 3.38. The van der Waals surface area contributed by atoms with Gasteiger partial charge < -0.3 is 30.7 Å². The Morgan fingerprint density at radius 1 is 0.895 bits per heavy atom. The molecular weight excluding hydrogens is 486 g/mol. The van der Waals surface area contributed by atoms with E-state index in [4.69, 9.17) is 4.74 Å². The fourth-order valence-corrected chi connectivity index (χ4v) is 3.38. The van der Waals surface area contributed by atoms with E-state index in [0.717, 1.165) is 11.1 Å².